The van der Waals surface area contributed by atoms with Crippen LogP contribution in [0.15, 0.2) is 76.8 Å². The molecule has 0 aliphatic carbocycles. The average Bonchev–Trinajstić information content (AvgIpc) is 2.56. The van der Waals surface area contributed by atoms with Crippen LogP contribution < -0.4 is 5.56 Å². The van der Waals surface area contributed by atoms with Gasteiger partial charge in [0.15, 0.2) is 5.03 Å². The molecule has 0 bridgehead atoms. The van der Waals surface area contributed by atoms with Crippen molar-refractivity contribution in [2.75, 3.05) is 0 Å². The Kier molecular flexibility index (Phi) is 4.61. The van der Waals surface area contributed by atoms with Gasteiger partial charge in [0.2, 0.25) is 0 Å². The number of nitrogens with zero attached hydrogens (tertiary/aromatic N) is 2. The van der Waals surface area contributed by atoms with E-state index in [4.69, 9.17) is 11.6 Å². The Labute approximate surface area is 137 Å². The van der Waals surface area contributed by atoms with E-state index in [0.717, 1.165) is 11.3 Å². The Morgan fingerprint density at radius 2 is 1.77 bits per heavy atom. The zero-order valence-electron chi connectivity index (χ0n) is 11.6. The van der Waals surface area contributed by atoms with Crippen LogP contribution in [0.5, 0.6) is 0 Å². The Hall–Kier alpha value is -2.04. The van der Waals surface area contributed by atoms with Crippen molar-refractivity contribution >= 4 is 23.4 Å². The molecule has 22 heavy (non-hydrogen) atoms. The van der Waals surface area contributed by atoms with Crippen LogP contribution >= 0.6 is 23.4 Å². The number of hydrogen-bond acceptors (Lipinski definition) is 3. The van der Waals surface area contributed by atoms with Gasteiger partial charge in [-0.25, -0.2) is 4.98 Å². The summed E-state index contributed by atoms with van der Waals surface area (Å²) in [4.78, 5) is 16.7. The Morgan fingerprint density at radius 1 is 1.05 bits per heavy atom. The van der Waals surface area contributed by atoms with Gasteiger partial charge in [-0.15, -0.1) is 0 Å². The molecule has 0 aliphatic heterocycles. The van der Waals surface area contributed by atoms with Gasteiger partial charge in [-0.1, -0.05) is 53.7 Å². The van der Waals surface area contributed by atoms with E-state index in [1.165, 1.54) is 11.8 Å². The van der Waals surface area contributed by atoms with Gasteiger partial charge in [-0.3, -0.25) is 9.36 Å². The van der Waals surface area contributed by atoms with Crippen LogP contribution in [0.4, 0.5) is 0 Å². The fourth-order valence-electron chi connectivity index (χ4n) is 2.02. The highest BCUT2D eigenvalue weighted by Crippen LogP contribution is 2.19. The molecule has 0 unspecified atom stereocenters. The van der Waals surface area contributed by atoms with Crippen LogP contribution in [0.2, 0.25) is 5.02 Å². The van der Waals surface area contributed by atoms with Crippen LogP contribution in [0.1, 0.15) is 5.56 Å². The molecule has 0 fully saturated rings. The molecule has 3 rings (SSSR count). The van der Waals surface area contributed by atoms with Crippen LogP contribution in [0.3, 0.4) is 0 Å². The van der Waals surface area contributed by atoms with Crippen molar-refractivity contribution in [1.29, 1.82) is 0 Å². The summed E-state index contributed by atoms with van der Waals surface area (Å²) < 4.78 is 1.61. The summed E-state index contributed by atoms with van der Waals surface area (Å²) in [5.41, 5.74) is 1.83. The number of benzene rings is 2. The fraction of sp³-hybridized carbons (Fsp3) is 0.0588. The highest BCUT2D eigenvalue weighted by molar-refractivity contribution is 7.98. The minimum Gasteiger partial charge on any atom is -0.280 e. The molecule has 2 aromatic carbocycles. The van der Waals surface area contributed by atoms with Gasteiger partial charge < -0.3 is 0 Å². The van der Waals surface area contributed by atoms with Gasteiger partial charge in [0.25, 0.3) is 5.56 Å². The Morgan fingerprint density at radius 3 is 2.50 bits per heavy atom. The summed E-state index contributed by atoms with van der Waals surface area (Å²) in [5, 5.41) is 1.19. The lowest BCUT2D eigenvalue weighted by Gasteiger charge is -2.07. The predicted molar refractivity (Wildman–Crippen MR) is 90.8 cm³/mol. The van der Waals surface area contributed by atoms with Crippen LogP contribution in [-0.2, 0) is 5.75 Å². The first-order valence-electron chi connectivity index (χ1n) is 6.74. The highest BCUT2D eigenvalue weighted by atomic mass is 35.5. The van der Waals surface area contributed by atoms with E-state index in [0.29, 0.717) is 15.8 Å². The largest absolute Gasteiger partial charge is 0.287 e. The summed E-state index contributed by atoms with van der Waals surface area (Å²) in [6.07, 6.45) is 3.34. The Balaban J connectivity index is 1.83. The lowest BCUT2D eigenvalue weighted by molar-refractivity contribution is 0.882. The molecule has 0 spiro atoms. The topological polar surface area (TPSA) is 34.9 Å². The maximum absolute atomic E-state index is 12.5. The molecule has 5 heteroatoms. The molecule has 110 valence electrons. The third-order valence-corrected chi connectivity index (χ3v) is 4.42. The molecule has 0 atom stereocenters. The molecule has 0 N–H and O–H groups in total. The third kappa shape index (κ3) is 3.40. The molecule has 0 aliphatic rings. The maximum Gasteiger partial charge on any atom is 0.287 e. The van der Waals surface area contributed by atoms with Gasteiger partial charge in [0.1, 0.15) is 0 Å². The smallest absolute Gasteiger partial charge is 0.280 e. The zero-order chi connectivity index (χ0) is 15.4. The van der Waals surface area contributed by atoms with Crippen molar-refractivity contribution in [3.63, 3.8) is 0 Å². The van der Waals surface area contributed by atoms with Gasteiger partial charge in [-0.05, 0) is 29.8 Å². The van der Waals surface area contributed by atoms with E-state index >= 15 is 0 Å². The summed E-state index contributed by atoms with van der Waals surface area (Å²) in [6.45, 7) is 0. The summed E-state index contributed by atoms with van der Waals surface area (Å²) >= 11 is 7.30. The highest BCUT2D eigenvalue weighted by Gasteiger charge is 2.07. The number of halogens is 1. The minimum absolute atomic E-state index is 0.104. The number of thioether (sulfide) groups is 1. The molecular weight excluding hydrogens is 316 g/mol. The van der Waals surface area contributed by atoms with Gasteiger partial charge >= 0.3 is 0 Å². The molecule has 3 nitrogen and oxygen atoms in total. The molecule has 1 heterocycles. The van der Waals surface area contributed by atoms with Crippen molar-refractivity contribution < 1.29 is 0 Å². The maximum atomic E-state index is 12.5. The molecule has 1 aromatic heterocycles. The van der Waals surface area contributed by atoms with Gasteiger partial charge in [-0.2, -0.15) is 0 Å². The Bertz CT molecular complexity index is 816. The lowest BCUT2D eigenvalue weighted by Crippen LogP contribution is -2.20. The number of aromatic nitrogens is 2. The second-order valence-electron chi connectivity index (χ2n) is 4.66. The van der Waals surface area contributed by atoms with E-state index < -0.39 is 0 Å². The zero-order valence-corrected chi connectivity index (χ0v) is 13.2. The summed E-state index contributed by atoms with van der Waals surface area (Å²) in [6, 6.07) is 17.1. The number of hydrogen-bond donors (Lipinski definition) is 0. The molecule has 0 amide bonds. The van der Waals surface area contributed by atoms with E-state index in [9.17, 15) is 4.79 Å². The molecule has 0 saturated heterocycles. The summed E-state index contributed by atoms with van der Waals surface area (Å²) in [7, 11) is 0. The second kappa shape index (κ2) is 6.81. The van der Waals surface area contributed by atoms with Gasteiger partial charge in [0, 0.05) is 28.9 Å². The van der Waals surface area contributed by atoms with Crippen LogP contribution in [0.25, 0.3) is 5.69 Å². The molecular formula is C17H13ClN2OS. The van der Waals surface area contributed by atoms with E-state index in [2.05, 4.69) is 4.98 Å². The van der Waals surface area contributed by atoms with Crippen molar-refractivity contribution in [2.24, 2.45) is 0 Å². The normalized spacial score (nSPS) is 10.6. The van der Waals surface area contributed by atoms with Crippen molar-refractivity contribution in [3.05, 3.63) is 87.9 Å². The van der Waals surface area contributed by atoms with Crippen molar-refractivity contribution in [1.82, 2.24) is 9.55 Å². The lowest BCUT2D eigenvalue weighted by atomic mass is 10.2. The van der Waals surface area contributed by atoms with E-state index in [1.807, 2.05) is 54.6 Å². The fourth-order valence-corrected chi connectivity index (χ4v) is 3.00. The average molecular weight is 329 g/mol. The van der Waals surface area contributed by atoms with Gasteiger partial charge in [0.05, 0.1) is 0 Å². The quantitative estimate of drug-likeness (QED) is 0.674. The standard InChI is InChI=1S/C17H13ClN2OS/c18-14-8-6-13(7-9-14)12-22-16-17(21)20(11-10-19-16)15-4-2-1-3-5-15/h1-11H,12H2. The number of para-hydroxylation sites is 1. The van der Waals surface area contributed by atoms with E-state index in [-0.39, 0.29) is 5.56 Å². The van der Waals surface area contributed by atoms with Crippen molar-refractivity contribution in [2.45, 2.75) is 10.8 Å². The first kappa shape index (κ1) is 14.9. The van der Waals surface area contributed by atoms with E-state index in [1.54, 1.807) is 17.0 Å². The monoisotopic (exact) mass is 328 g/mol. The minimum atomic E-state index is -0.104. The first-order chi connectivity index (χ1) is 10.7. The molecule has 0 saturated carbocycles. The van der Waals surface area contributed by atoms with Crippen molar-refractivity contribution in [3.8, 4) is 5.69 Å². The summed E-state index contributed by atoms with van der Waals surface area (Å²) in [5.74, 6) is 0.679. The van der Waals surface area contributed by atoms with Crippen LogP contribution in [-0.4, -0.2) is 9.55 Å². The predicted octanol–water partition coefficient (Wildman–Crippen LogP) is 4.18. The SMILES string of the molecule is O=c1c(SCc2ccc(Cl)cc2)nccn1-c1ccccc1. The third-order valence-electron chi connectivity index (χ3n) is 3.13. The second-order valence-corrected chi connectivity index (χ2v) is 6.06. The molecule has 3 aromatic rings. The molecule has 0 radical (unpaired) electrons. The first-order valence-corrected chi connectivity index (χ1v) is 8.11. The number of rotatable bonds is 4. The van der Waals surface area contributed by atoms with Crippen LogP contribution in [0, 0.1) is 0 Å².